The zero-order chi connectivity index (χ0) is 13.5. The smallest absolute Gasteiger partial charge is 0.119 e. The molecule has 0 aliphatic carbocycles. The van der Waals surface area contributed by atoms with Crippen LogP contribution >= 0.6 is 11.3 Å². The maximum Gasteiger partial charge on any atom is 0.119 e. The Kier molecular flexibility index (Phi) is 5.36. The molecule has 0 aliphatic heterocycles. The summed E-state index contributed by atoms with van der Waals surface area (Å²) in [6, 6.07) is 8.30. The van der Waals surface area contributed by atoms with Gasteiger partial charge in [0.2, 0.25) is 0 Å². The van der Waals surface area contributed by atoms with Crippen LogP contribution in [-0.2, 0) is 19.4 Å². The average Bonchev–Trinajstić information content (AvgIpc) is 2.88. The van der Waals surface area contributed by atoms with Crippen LogP contribution in [0, 0.1) is 0 Å². The second-order valence-corrected chi connectivity index (χ2v) is 5.30. The first-order chi connectivity index (χ1) is 9.31. The van der Waals surface area contributed by atoms with Crippen LogP contribution in [0.15, 0.2) is 29.6 Å². The van der Waals surface area contributed by atoms with Crippen LogP contribution in [-0.4, -0.2) is 18.6 Å². The number of nitrogens with one attached hydrogen (secondary N) is 1. The first kappa shape index (κ1) is 14.0. The molecule has 0 amide bonds. The summed E-state index contributed by atoms with van der Waals surface area (Å²) in [6.45, 7) is 3.66. The van der Waals surface area contributed by atoms with Crippen LogP contribution < -0.4 is 10.1 Å². The predicted molar refractivity (Wildman–Crippen MR) is 79.9 cm³/mol. The molecule has 19 heavy (non-hydrogen) atoms. The summed E-state index contributed by atoms with van der Waals surface area (Å²) in [4.78, 5) is 4.53. The fourth-order valence-electron chi connectivity index (χ4n) is 1.80. The molecule has 1 heterocycles. The molecule has 2 rings (SSSR count). The first-order valence-corrected chi connectivity index (χ1v) is 7.49. The molecule has 0 bridgehead atoms. The third-order valence-corrected chi connectivity index (χ3v) is 3.83. The Morgan fingerprint density at radius 2 is 2.05 bits per heavy atom. The van der Waals surface area contributed by atoms with E-state index < -0.39 is 0 Å². The lowest BCUT2D eigenvalue weighted by molar-refractivity contribution is 0.321. The van der Waals surface area contributed by atoms with Crippen molar-refractivity contribution in [2.45, 2.75) is 26.3 Å². The van der Waals surface area contributed by atoms with Crippen LogP contribution in [0.4, 0.5) is 0 Å². The van der Waals surface area contributed by atoms with Gasteiger partial charge in [-0.15, -0.1) is 11.3 Å². The Hall–Kier alpha value is -1.39. The van der Waals surface area contributed by atoms with Gasteiger partial charge in [0, 0.05) is 18.3 Å². The van der Waals surface area contributed by atoms with E-state index in [4.69, 9.17) is 4.74 Å². The van der Waals surface area contributed by atoms with Crippen molar-refractivity contribution in [2.75, 3.05) is 13.7 Å². The van der Waals surface area contributed by atoms with E-state index in [0.717, 1.165) is 35.8 Å². The molecule has 3 nitrogen and oxygen atoms in total. The van der Waals surface area contributed by atoms with Gasteiger partial charge in [-0.2, -0.15) is 0 Å². The lowest BCUT2D eigenvalue weighted by Gasteiger charge is -2.05. The highest BCUT2D eigenvalue weighted by atomic mass is 32.1. The molecule has 0 spiro atoms. The molecule has 2 aromatic rings. The van der Waals surface area contributed by atoms with Gasteiger partial charge in [-0.25, -0.2) is 4.98 Å². The van der Waals surface area contributed by atoms with Gasteiger partial charge >= 0.3 is 0 Å². The second-order valence-electron chi connectivity index (χ2n) is 4.36. The van der Waals surface area contributed by atoms with Crippen molar-refractivity contribution < 1.29 is 4.74 Å². The molecule has 0 aliphatic rings. The normalized spacial score (nSPS) is 10.6. The van der Waals surface area contributed by atoms with Crippen molar-refractivity contribution in [2.24, 2.45) is 0 Å². The Morgan fingerprint density at radius 3 is 2.74 bits per heavy atom. The molecule has 0 radical (unpaired) electrons. The maximum atomic E-state index is 5.73. The summed E-state index contributed by atoms with van der Waals surface area (Å²) in [5.41, 5.74) is 2.44. The number of rotatable bonds is 7. The fraction of sp³-hybridized carbons (Fsp3) is 0.400. The predicted octanol–water partition coefficient (Wildman–Crippen LogP) is 3.05. The Bertz CT molecular complexity index is 493. The molecule has 1 N–H and O–H groups in total. The number of aryl methyl sites for hydroxylation is 1. The van der Waals surface area contributed by atoms with E-state index >= 15 is 0 Å². The lowest BCUT2D eigenvalue weighted by atomic mass is 10.2. The van der Waals surface area contributed by atoms with Crippen molar-refractivity contribution in [1.29, 1.82) is 0 Å². The number of benzene rings is 1. The second kappa shape index (κ2) is 7.26. The average molecular weight is 276 g/mol. The van der Waals surface area contributed by atoms with Gasteiger partial charge in [0.25, 0.3) is 0 Å². The number of ether oxygens (including phenoxy) is 1. The highest BCUT2D eigenvalue weighted by Gasteiger charge is 2.02. The van der Waals surface area contributed by atoms with E-state index in [0.29, 0.717) is 6.61 Å². The standard InChI is InChI=1S/C15H20N2OS/c1-3-12-4-6-14(7-5-12)18-9-8-15-17-13(10-16-2)11-19-15/h4-7,11,16H,3,8-10H2,1-2H3. The highest BCUT2D eigenvalue weighted by molar-refractivity contribution is 7.09. The van der Waals surface area contributed by atoms with Crippen LogP contribution in [0.5, 0.6) is 5.75 Å². The molecule has 1 aromatic carbocycles. The van der Waals surface area contributed by atoms with Crippen LogP contribution in [0.1, 0.15) is 23.2 Å². The summed E-state index contributed by atoms with van der Waals surface area (Å²) >= 11 is 1.70. The summed E-state index contributed by atoms with van der Waals surface area (Å²) in [6.07, 6.45) is 1.93. The van der Waals surface area contributed by atoms with E-state index in [1.54, 1.807) is 11.3 Å². The number of thiazole rings is 1. The van der Waals surface area contributed by atoms with E-state index in [1.807, 2.05) is 19.2 Å². The fourth-order valence-corrected chi connectivity index (χ4v) is 2.58. The van der Waals surface area contributed by atoms with Gasteiger partial charge in [-0.1, -0.05) is 19.1 Å². The van der Waals surface area contributed by atoms with Gasteiger partial charge in [0.15, 0.2) is 0 Å². The Balaban J connectivity index is 1.78. The lowest BCUT2D eigenvalue weighted by Crippen LogP contribution is -2.06. The molecule has 1 aromatic heterocycles. The third-order valence-electron chi connectivity index (χ3n) is 2.87. The van der Waals surface area contributed by atoms with Crippen molar-refractivity contribution >= 4 is 11.3 Å². The number of hydrogen-bond donors (Lipinski definition) is 1. The minimum absolute atomic E-state index is 0.679. The first-order valence-electron chi connectivity index (χ1n) is 6.61. The summed E-state index contributed by atoms with van der Waals surface area (Å²) in [5, 5.41) is 6.34. The Labute approximate surface area is 118 Å². The van der Waals surface area contributed by atoms with Gasteiger partial charge in [0.1, 0.15) is 5.75 Å². The van der Waals surface area contributed by atoms with E-state index in [-0.39, 0.29) is 0 Å². The highest BCUT2D eigenvalue weighted by Crippen LogP contribution is 2.14. The quantitative estimate of drug-likeness (QED) is 0.844. The van der Waals surface area contributed by atoms with E-state index in [9.17, 15) is 0 Å². The maximum absolute atomic E-state index is 5.73. The van der Waals surface area contributed by atoms with Crippen LogP contribution in [0.25, 0.3) is 0 Å². The molecule has 4 heteroatoms. The molecule has 0 unspecified atom stereocenters. The van der Waals surface area contributed by atoms with Crippen molar-refractivity contribution in [1.82, 2.24) is 10.3 Å². The minimum atomic E-state index is 0.679. The van der Waals surface area contributed by atoms with E-state index in [1.165, 1.54) is 5.56 Å². The van der Waals surface area contributed by atoms with Crippen molar-refractivity contribution in [3.63, 3.8) is 0 Å². The van der Waals surface area contributed by atoms with Crippen LogP contribution in [0.2, 0.25) is 0 Å². The Morgan fingerprint density at radius 1 is 1.26 bits per heavy atom. The minimum Gasteiger partial charge on any atom is -0.493 e. The topological polar surface area (TPSA) is 34.1 Å². The van der Waals surface area contributed by atoms with Gasteiger partial charge in [-0.3, -0.25) is 0 Å². The molecule has 0 fully saturated rings. The molecule has 0 saturated carbocycles. The molecule has 102 valence electrons. The monoisotopic (exact) mass is 276 g/mol. The molecule has 0 atom stereocenters. The SMILES string of the molecule is CCc1ccc(OCCc2nc(CNC)cs2)cc1. The third kappa shape index (κ3) is 4.33. The van der Waals surface area contributed by atoms with Gasteiger partial charge in [0.05, 0.1) is 17.3 Å². The van der Waals surface area contributed by atoms with Crippen molar-refractivity contribution in [3.05, 3.63) is 45.9 Å². The molecular formula is C15H20N2OS. The van der Waals surface area contributed by atoms with Crippen LogP contribution in [0.3, 0.4) is 0 Å². The molecular weight excluding hydrogens is 256 g/mol. The molecule has 0 saturated heterocycles. The van der Waals surface area contributed by atoms with Crippen molar-refractivity contribution in [3.8, 4) is 5.75 Å². The van der Waals surface area contributed by atoms with Gasteiger partial charge in [-0.05, 0) is 31.2 Å². The zero-order valence-electron chi connectivity index (χ0n) is 11.5. The summed E-state index contributed by atoms with van der Waals surface area (Å²) < 4.78 is 5.73. The summed E-state index contributed by atoms with van der Waals surface area (Å²) in [5.74, 6) is 0.934. The summed E-state index contributed by atoms with van der Waals surface area (Å²) in [7, 11) is 1.93. The number of aromatic nitrogens is 1. The van der Waals surface area contributed by atoms with E-state index in [2.05, 4.69) is 34.7 Å². The number of hydrogen-bond acceptors (Lipinski definition) is 4. The van der Waals surface area contributed by atoms with Gasteiger partial charge < -0.3 is 10.1 Å². The zero-order valence-corrected chi connectivity index (χ0v) is 12.3. The largest absolute Gasteiger partial charge is 0.493 e. The number of nitrogens with zero attached hydrogens (tertiary/aromatic N) is 1.